The van der Waals surface area contributed by atoms with Crippen LogP contribution < -0.4 is 14.4 Å². The molecule has 0 saturated heterocycles. The largest absolute Gasteiger partial charge is 0.497 e. The van der Waals surface area contributed by atoms with Crippen LogP contribution in [-0.2, 0) is 19.6 Å². The molecule has 31 heavy (non-hydrogen) atoms. The number of methoxy groups -OCH3 is 1. The van der Waals surface area contributed by atoms with E-state index in [1.165, 1.54) is 38.4 Å². The molecule has 1 atom stereocenters. The molecule has 168 valence electrons. The quantitative estimate of drug-likeness (QED) is 0.561. The Bertz CT molecular complexity index is 1000. The number of ether oxygens (including phenoxy) is 2. The zero-order valence-corrected chi connectivity index (χ0v) is 18.9. The number of nitrogens with one attached hydrogen (secondary N) is 1. The molecule has 0 heterocycles. The maximum absolute atomic E-state index is 13.0. The monoisotopic (exact) mass is 448 g/mol. The summed E-state index contributed by atoms with van der Waals surface area (Å²) in [5.74, 6) is -0.577. The van der Waals surface area contributed by atoms with E-state index in [-0.39, 0.29) is 16.5 Å². The summed E-state index contributed by atoms with van der Waals surface area (Å²) in [6.07, 6.45) is 1.74. The minimum absolute atomic E-state index is 0.0156. The van der Waals surface area contributed by atoms with E-state index in [9.17, 15) is 18.0 Å². The molecule has 2 aromatic rings. The number of nitrogens with zero attached hydrogens (tertiary/aromatic N) is 1. The predicted octanol–water partition coefficient (Wildman–Crippen LogP) is 2.98. The van der Waals surface area contributed by atoms with Gasteiger partial charge in [-0.25, -0.2) is 13.2 Å². The van der Waals surface area contributed by atoms with Crippen LogP contribution in [0.15, 0.2) is 53.4 Å². The summed E-state index contributed by atoms with van der Waals surface area (Å²) >= 11 is 0. The first kappa shape index (κ1) is 24.2. The van der Waals surface area contributed by atoms with Crippen molar-refractivity contribution in [3.05, 3.63) is 54.1 Å². The highest BCUT2D eigenvalue weighted by Crippen LogP contribution is 2.24. The summed E-state index contributed by atoms with van der Waals surface area (Å²) in [6.45, 7) is 3.45. The van der Waals surface area contributed by atoms with Crippen LogP contribution in [0.5, 0.6) is 5.75 Å². The molecule has 0 spiro atoms. The Labute approximate surface area is 183 Å². The van der Waals surface area contributed by atoms with Gasteiger partial charge in [-0.05, 0) is 55.8 Å². The van der Waals surface area contributed by atoms with Crippen molar-refractivity contribution in [2.45, 2.75) is 37.6 Å². The maximum atomic E-state index is 13.0. The standard InChI is InChI=1S/C22H28N2O6S/c1-5-7-16(2)23-21(25)15-30-22(26)17-8-6-9-20(14-17)31(27,28)24(3)18-10-12-19(29-4)13-11-18/h6,8-14,16H,5,7,15H2,1-4H3,(H,23,25)/t16-/m0/s1. The Hall–Kier alpha value is -3.07. The van der Waals surface area contributed by atoms with Crippen LogP contribution in [-0.4, -0.2) is 47.1 Å². The lowest BCUT2D eigenvalue weighted by Crippen LogP contribution is -2.35. The van der Waals surface area contributed by atoms with Crippen LogP contribution >= 0.6 is 0 Å². The fraction of sp³-hybridized carbons (Fsp3) is 0.364. The van der Waals surface area contributed by atoms with Crippen LogP contribution in [0, 0.1) is 0 Å². The van der Waals surface area contributed by atoms with Gasteiger partial charge in [0.1, 0.15) is 5.75 Å². The molecule has 0 radical (unpaired) electrons. The summed E-state index contributed by atoms with van der Waals surface area (Å²) in [7, 11) is -0.972. The summed E-state index contributed by atoms with van der Waals surface area (Å²) in [5, 5.41) is 2.74. The topological polar surface area (TPSA) is 102 Å². The van der Waals surface area contributed by atoms with Gasteiger partial charge in [-0.15, -0.1) is 0 Å². The van der Waals surface area contributed by atoms with E-state index in [0.717, 1.165) is 17.1 Å². The highest BCUT2D eigenvalue weighted by atomic mass is 32.2. The van der Waals surface area contributed by atoms with E-state index in [1.54, 1.807) is 24.3 Å². The van der Waals surface area contributed by atoms with Gasteiger partial charge in [0.05, 0.1) is 23.3 Å². The number of hydrogen-bond donors (Lipinski definition) is 1. The number of amides is 1. The second-order valence-electron chi connectivity index (χ2n) is 7.03. The number of rotatable bonds is 10. The van der Waals surface area contributed by atoms with Crippen LogP contribution in [0.25, 0.3) is 0 Å². The molecule has 0 fully saturated rings. The first-order chi connectivity index (χ1) is 14.7. The fourth-order valence-electron chi connectivity index (χ4n) is 2.91. The van der Waals surface area contributed by atoms with E-state index in [1.807, 2.05) is 13.8 Å². The van der Waals surface area contributed by atoms with Crippen molar-refractivity contribution < 1.29 is 27.5 Å². The third kappa shape index (κ3) is 6.45. The lowest BCUT2D eigenvalue weighted by molar-refractivity contribution is -0.124. The fourth-order valence-corrected chi connectivity index (χ4v) is 4.15. The highest BCUT2D eigenvalue weighted by molar-refractivity contribution is 7.92. The second-order valence-corrected chi connectivity index (χ2v) is 9.00. The molecule has 0 bridgehead atoms. The molecule has 0 unspecified atom stereocenters. The molecule has 0 aliphatic carbocycles. The number of carbonyl (C=O) groups is 2. The molecular weight excluding hydrogens is 420 g/mol. The SMILES string of the molecule is CCC[C@H](C)NC(=O)COC(=O)c1cccc(S(=O)(=O)N(C)c2ccc(OC)cc2)c1. The molecular formula is C22H28N2O6S. The van der Waals surface area contributed by atoms with Crippen molar-refractivity contribution >= 4 is 27.6 Å². The van der Waals surface area contributed by atoms with Gasteiger partial charge in [-0.1, -0.05) is 19.4 Å². The molecule has 0 aliphatic heterocycles. The summed E-state index contributed by atoms with van der Waals surface area (Å²) in [4.78, 5) is 24.1. The van der Waals surface area contributed by atoms with Gasteiger partial charge in [0.15, 0.2) is 6.61 Å². The average molecular weight is 449 g/mol. The van der Waals surface area contributed by atoms with E-state index in [4.69, 9.17) is 9.47 Å². The minimum atomic E-state index is -3.92. The van der Waals surface area contributed by atoms with Gasteiger partial charge in [-0.3, -0.25) is 9.10 Å². The van der Waals surface area contributed by atoms with Crippen molar-refractivity contribution in [2.75, 3.05) is 25.1 Å². The van der Waals surface area contributed by atoms with Crippen molar-refractivity contribution in [3.63, 3.8) is 0 Å². The van der Waals surface area contributed by atoms with Gasteiger partial charge in [0.25, 0.3) is 15.9 Å². The van der Waals surface area contributed by atoms with Crippen LogP contribution in [0.4, 0.5) is 5.69 Å². The molecule has 2 aromatic carbocycles. The maximum Gasteiger partial charge on any atom is 0.338 e. The molecule has 1 amide bonds. The Morgan fingerprint density at radius 1 is 1.13 bits per heavy atom. The van der Waals surface area contributed by atoms with E-state index < -0.39 is 28.5 Å². The summed E-state index contributed by atoms with van der Waals surface area (Å²) < 4.78 is 37.2. The van der Waals surface area contributed by atoms with E-state index in [0.29, 0.717) is 11.4 Å². The van der Waals surface area contributed by atoms with Crippen LogP contribution in [0.2, 0.25) is 0 Å². The Kier molecular flexibility index (Phi) is 8.44. The normalized spacial score (nSPS) is 12.0. The third-order valence-electron chi connectivity index (χ3n) is 4.63. The first-order valence-corrected chi connectivity index (χ1v) is 11.3. The highest BCUT2D eigenvalue weighted by Gasteiger charge is 2.23. The average Bonchev–Trinajstić information content (AvgIpc) is 2.77. The second kappa shape index (κ2) is 10.8. The number of hydrogen-bond acceptors (Lipinski definition) is 6. The number of esters is 1. The van der Waals surface area contributed by atoms with Crippen molar-refractivity contribution in [1.82, 2.24) is 5.32 Å². The van der Waals surface area contributed by atoms with Gasteiger partial charge in [-0.2, -0.15) is 0 Å². The predicted molar refractivity (Wildman–Crippen MR) is 118 cm³/mol. The summed E-state index contributed by atoms with van der Waals surface area (Å²) in [6, 6.07) is 12.0. The third-order valence-corrected chi connectivity index (χ3v) is 6.41. The van der Waals surface area contributed by atoms with Gasteiger partial charge < -0.3 is 14.8 Å². The van der Waals surface area contributed by atoms with Crippen LogP contribution in [0.3, 0.4) is 0 Å². The molecule has 9 heteroatoms. The van der Waals surface area contributed by atoms with Gasteiger partial charge >= 0.3 is 5.97 Å². The zero-order valence-electron chi connectivity index (χ0n) is 18.1. The van der Waals surface area contributed by atoms with E-state index >= 15 is 0 Å². The summed E-state index contributed by atoms with van der Waals surface area (Å²) in [5.41, 5.74) is 0.477. The minimum Gasteiger partial charge on any atom is -0.497 e. The van der Waals surface area contributed by atoms with Gasteiger partial charge in [0.2, 0.25) is 0 Å². The number of carbonyl (C=O) groups excluding carboxylic acids is 2. The molecule has 1 N–H and O–H groups in total. The zero-order chi connectivity index (χ0) is 23.0. The number of benzene rings is 2. The molecule has 0 aliphatic rings. The first-order valence-electron chi connectivity index (χ1n) is 9.88. The molecule has 2 rings (SSSR count). The Morgan fingerprint density at radius 2 is 1.81 bits per heavy atom. The van der Waals surface area contributed by atoms with Crippen molar-refractivity contribution in [2.24, 2.45) is 0 Å². The molecule has 0 aromatic heterocycles. The van der Waals surface area contributed by atoms with Crippen molar-refractivity contribution in [3.8, 4) is 5.75 Å². The number of sulfonamides is 1. The lowest BCUT2D eigenvalue weighted by atomic mass is 10.2. The van der Waals surface area contributed by atoms with Crippen LogP contribution in [0.1, 0.15) is 37.0 Å². The molecule has 0 saturated carbocycles. The number of anilines is 1. The molecule has 8 nitrogen and oxygen atoms in total. The van der Waals surface area contributed by atoms with Gasteiger partial charge in [0, 0.05) is 13.1 Å². The Balaban J connectivity index is 2.10. The van der Waals surface area contributed by atoms with E-state index in [2.05, 4.69) is 5.32 Å². The smallest absolute Gasteiger partial charge is 0.338 e. The Morgan fingerprint density at radius 3 is 2.42 bits per heavy atom. The lowest BCUT2D eigenvalue weighted by Gasteiger charge is -2.20. The van der Waals surface area contributed by atoms with Crippen molar-refractivity contribution in [1.29, 1.82) is 0 Å².